The van der Waals surface area contributed by atoms with Gasteiger partial charge in [0.15, 0.2) is 17.2 Å². The standard InChI is InChI=1S/C22H15ClF3N3O3/c23-14-9-12(22(24,25)26)10-16-20(14)29-21(28-16)27-15-3-1-2-4-17(15)32-13-5-6-18-19(11-13)31-8-7-30-18/h1-6,9-11H,7-8H2,(H2,27,28,29). The maximum atomic E-state index is 13.1. The molecule has 4 aromatic rings. The van der Waals surface area contributed by atoms with Gasteiger partial charge in [-0.25, -0.2) is 4.98 Å². The molecule has 0 fully saturated rings. The molecule has 1 aliphatic rings. The van der Waals surface area contributed by atoms with Crippen LogP contribution in [0.3, 0.4) is 0 Å². The molecular formula is C22H15ClF3N3O3. The van der Waals surface area contributed by atoms with Gasteiger partial charge in [-0.1, -0.05) is 23.7 Å². The number of hydrogen-bond acceptors (Lipinski definition) is 5. The van der Waals surface area contributed by atoms with Crippen molar-refractivity contribution in [1.29, 1.82) is 0 Å². The van der Waals surface area contributed by atoms with Crippen molar-refractivity contribution in [3.63, 3.8) is 0 Å². The second kappa shape index (κ2) is 7.83. The normalized spacial score (nSPS) is 13.2. The van der Waals surface area contributed by atoms with Crippen molar-refractivity contribution in [2.24, 2.45) is 0 Å². The molecule has 2 heterocycles. The van der Waals surface area contributed by atoms with Crippen molar-refractivity contribution < 1.29 is 27.4 Å². The number of rotatable bonds is 4. The molecule has 0 amide bonds. The average molecular weight is 462 g/mol. The molecule has 32 heavy (non-hydrogen) atoms. The quantitative estimate of drug-likeness (QED) is 0.361. The predicted octanol–water partition coefficient (Wildman–Crippen LogP) is 6.54. The molecule has 3 aromatic carbocycles. The molecule has 0 aliphatic carbocycles. The fraction of sp³-hybridized carbons (Fsp3) is 0.136. The van der Waals surface area contributed by atoms with Gasteiger partial charge in [0, 0.05) is 6.07 Å². The number of nitrogens with one attached hydrogen (secondary N) is 2. The third-order valence-electron chi connectivity index (χ3n) is 4.75. The summed E-state index contributed by atoms with van der Waals surface area (Å²) in [5.74, 6) is 2.47. The minimum atomic E-state index is -4.51. The van der Waals surface area contributed by atoms with E-state index >= 15 is 0 Å². The molecule has 0 atom stereocenters. The number of ether oxygens (including phenoxy) is 3. The lowest BCUT2D eigenvalue weighted by atomic mass is 10.2. The van der Waals surface area contributed by atoms with Crippen LogP contribution in [0.15, 0.2) is 54.6 Å². The van der Waals surface area contributed by atoms with Crippen LogP contribution < -0.4 is 19.5 Å². The summed E-state index contributed by atoms with van der Waals surface area (Å²) in [6.07, 6.45) is -4.51. The largest absolute Gasteiger partial charge is 0.486 e. The molecule has 10 heteroatoms. The van der Waals surface area contributed by atoms with Gasteiger partial charge < -0.3 is 24.5 Å². The first-order valence-electron chi connectivity index (χ1n) is 9.57. The number of fused-ring (bicyclic) bond motifs is 2. The molecule has 1 aliphatic heterocycles. The molecule has 2 N–H and O–H groups in total. The van der Waals surface area contributed by atoms with E-state index in [1.165, 1.54) is 0 Å². The topological polar surface area (TPSA) is 68.4 Å². The Morgan fingerprint density at radius 2 is 1.78 bits per heavy atom. The third kappa shape index (κ3) is 3.99. The number of imidazole rings is 1. The van der Waals surface area contributed by atoms with Crippen LogP contribution >= 0.6 is 11.6 Å². The molecule has 0 saturated carbocycles. The summed E-state index contributed by atoms with van der Waals surface area (Å²) in [7, 11) is 0. The van der Waals surface area contributed by atoms with Gasteiger partial charge in [-0.2, -0.15) is 13.2 Å². The van der Waals surface area contributed by atoms with E-state index in [9.17, 15) is 13.2 Å². The Bertz CT molecular complexity index is 1310. The van der Waals surface area contributed by atoms with E-state index in [4.69, 9.17) is 25.8 Å². The summed E-state index contributed by atoms with van der Waals surface area (Å²) >= 11 is 6.02. The fourth-order valence-electron chi connectivity index (χ4n) is 3.30. The lowest BCUT2D eigenvalue weighted by molar-refractivity contribution is -0.137. The van der Waals surface area contributed by atoms with Gasteiger partial charge in [-0.05, 0) is 36.4 Å². The Labute approximate surface area is 184 Å². The summed E-state index contributed by atoms with van der Waals surface area (Å²) in [6.45, 7) is 0.950. The zero-order valence-corrected chi connectivity index (χ0v) is 17.1. The zero-order chi connectivity index (χ0) is 22.3. The van der Waals surface area contributed by atoms with Crippen LogP contribution in [0.25, 0.3) is 11.0 Å². The maximum absolute atomic E-state index is 13.1. The van der Waals surface area contributed by atoms with Crippen LogP contribution in [0.5, 0.6) is 23.0 Å². The van der Waals surface area contributed by atoms with Gasteiger partial charge in [-0.15, -0.1) is 0 Å². The highest BCUT2D eigenvalue weighted by molar-refractivity contribution is 6.35. The minimum absolute atomic E-state index is 0.0973. The number of nitrogens with zero attached hydrogens (tertiary/aromatic N) is 1. The zero-order valence-electron chi connectivity index (χ0n) is 16.3. The molecular weight excluding hydrogens is 447 g/mol. The van der Waals surface area contributed by atoms with E-state index in [1.54, 1.807) is 42.5 Å². The van der Waals surface area contributed by atoms with Crippen LogP contribution in [-0.4, -0.2) is 23.2 Å². The highest BCUT2D eigenvalue weighted by atomic mass is 35.5. The number of aromatic nitrogens is 2. The van der Waals surface area contributed by atoms with Crippen molar-refractivity contribution in [2.45, 2.75) is 6.18 Å². The molecule has 0 radical (unpaired) electrons. The van der Waals surface area contributed by atoms with Crippen LogP contribution in [0, 0.1) is 0 Å². The lowest BCUT2D eigenvalue weighted by Gasteiger charge is -2.19. The smallest absolute Gasteiger partial charge is 0.416 e. The highest BCUT2D eigenvalue weighted by Gasteiger charge is 2.31. The Kier molecular flexibility index (Phi) is 4.97. The summed E-state index contributed by atoms with van der Waals surface area (Å²) < 4.78 is 56.3. The summed E-state index contributed by atoms with van der Waals surface area (Å²) in [6, 6.07) is 14.2. The van der Waals surface area contributed by atoms with E-state index in [1.807, 2.05) is 0 Å². The highest BCUT2D eigenvalue weighted by Crippen LogP contribution is 2.38. The van der Waals surface area contributed by atoms with Crippen molar-refractivity contribution in [3.8, 4) is 23.0 Å². The number of para-hydroxylation sites is 2. The molecule has 0 spiro atoms. The molecule has 0 bridgehead atoms. The predicted molar refractivity (Wildman–Crippen MR) is 113 cm³/mol. The van der Waals surface area contributed by atoms with Crippen molar-refractivity contribution in [1.82, 2.24) is 9.97 Å². The summed E-state index contributed by atoms with van der Waals surface area (Å²) in [5.41, 5.74) is 0.0890. The van der Waals surface area contributed by atoms with Crippen LogP contribution in [0.4, 0.5) is 24.8 Å². The third-order valence-corrected chi connectivity index (χ3v) is 5.04. The Morgan fingerprint density at radius 3 is 2.59 bits per heavy atom. The summed E-state index contributed by atoms with van der Waals surface area (Å²) in [5, 5.41) is 2.95. The van der Waals surface area contributed by atoms with Gasteiger partial charge in [0.25, 0.3) is 0 Å². The SMILES string of the molecule is FC(F)(F)c1cc(Cl)c2nc(Nc3ccccc3Oc3ccc4c(c3)OCCO4)[nH]c2c1. The molecule has 1 aromatic heterocycles. The van der Waals surface area contributed by atoms with Crippen LogP contribution in [0.2, 0.25) is 5.02 Å². The van der Waals surface area contributed by atoms with Gasteiger partial charge >= 0.3 is 6.18 Å². The first kappa shape index (κ1) is 20.3. The Balaban J connectivity index is 1.43. The number of anilines is 2. The lowest BCUT2D eigenvalue weighted by Crippen LogP contribution is -2.15. The second-order valence-corrected chi connectivity index (χ2v) is 7.37. The van der Waals surface area contributed by atoms with E-state index in [2.05, 4.69) is 15.3 Å². The van der Waals surface area contributed by atoms with E-state index in [-0.39, 0.29) is 22.0 Å². The van der Waals surface area contributed by atoms with Gasteiger partial charge in [0.2, 0.25) is 5.95 Å². The number of halogens is 4. The Morgan fingerprint density at radius 1 is 1.00 bits per heavy atom. The fourth-order valence-corrected chi connectivity index (χ4v) is 3.56. The average Bonchev–Trinajstić information content (AvgIpc) is 3.18. The van der Waals surface area contributed by atoms with Crippen LogP contribution in [-0.2, 0) is 6.18 Å². The molecule has 0 unspecified atom stereocenters. The van der Waals surface area contributed by atoms with Crippen LogP contribution in [0.1, 0.15) is 5.56 Å². The van der Waals surface area contributed by atoms with E-state index < -0.39 is 11.7 Å². The van der Waals surface area contributed by atoms with E-state index in [0.717, 1.165) is 12.1 Å². The molecule has 0 saturated heterocycles. The first-order valence-corrected chi connectivity index (χ1v) is 9.95. The minimum Gasteiger partial charge on any atom is -0.486 e. The number of benzene rings is 3. The number of H-pyrrole nitrogens is 1. The van der Waals surface area contributed by atoms with E-state index in [0.29, 0.717) is 41.9 Å². The molecule has 6 nitrogen and oxygen atoms in total. The number of hydrogen-bond donors (Lipinski definition) is 2. The number of aromatic amines is 1. The first-order chi connectivity index (χ1) is 15.4. The monoisotopic (exact) mass is 461 g/mol. The van der Waals surface area contributed by atoms with Gasteiger partial charge in [-0.3, -0.25) is 0 Å². The molecule has 5 rings (SSSR count). The maximum Gasteiger partial charge on any atom is 0.416 e. The number of alkyl halides is 3. The van der Waals surface area contributed by atoms with Crippen molar-refractivity contribution >= 4 is 34.3 Å². The van der Waals surface area contributed by atoms with Crippen molar-refractivity contribution in [3.05, 3.63) is 65.2 Å². The summed E-state index contributed by atoms with van der Waals surface area (Å²) in [4.78, 5) is 7.11. The van der Waals surface area contributed by atoms with Crippen molar-refractivity contribution in [2.75, 3.05) is 18.5 Å². The Hall–Kier alpha value is -3.59. The second-order valence-electron chi connectivity index (χ2n) is 6.97. The van der Waals surface area contributed by atoms with Gasteiger partial charge in [0.05, 0.1) is 21.8 Å². The molecule has 164 valence electrons. The van der Waals surface area contributed by atoms with Gasteiger partial charge in [0.1, 0.15) is 24.5 Å².